The van der Waals surface area contributed by atoms with Gasteiger partial charge in [-0.15, -0.1) is 0 Å². The van der Waals surface area contributed by atoms with Crippen LogP contribution in [-0.2, 0) is 0 Å². The molecule has 1 aliphatic heterocycles. The van der Waals surface area contributed by atoms with Crippen molar-refractivity contribution in [2.24, 2.45) is 0 Å². The summed E-state index contributed by atoms with van der Waals surface area (Å²) in [5, 5.41) is 1.30. The third-order valence-electron chi connectivity index (χ3n) is 3.38. The molecule has 3 aromatic rings. The minimum absolute atomic E-state index is 1.25. The number of hydrogen-bond donors (Lipinski definition) is 0. The monoisotopic (exact) mass is 217 g/mol. The van der Waals surface area contributed by atoms with E-state index in [-0.39, 0.29) is 0 Å². The lowest BCUT2D eigenvalue weighted by molar-refractivity contribution is 1.12. The SMILES string of the molecule is C1=Cc2cccc3ccn(c23)-c2ccccc21. The Balaban J connectivity index is 2.23. The Morgan fingerprint density at radius 1 is 0.706 bits per heavy atom. The summed E-state index contributed by atoms with van der Waals surface area (Å²) in [5.41, 5.74) is 5.10. The molecular formula is C16H11N. The van der Waals surface area contributed by atoms with Crippen molar-refractivity contribution in [3.05, 3.63) is 65.9 Å². The van der Waals surface area contributed by atoms with Crippen LogP contribution in [0.5, 0.6) is 0 Å². The van der Waals surface area contributed by atoms with Crippen molar-refractivity contribution in [1.29, 1.82) is 0 Å². The summed E-state index contributed by atoms with van der Waals surface area (Å²) in [6, 6.07) is 17.1. The molecule has 0 radical (unpaired) electrons. The zero-order chi connectivity index (χ0) is 11.2. The largest absolute Gasteiger partial charge is 0.315 e. The van der Waals surface area contributed by atoms with Crippen molar-refractivity contribution in [3.63, 3.8) is 0 Å². The number of benzene rings is 2. The van der Waals surface area contributed by atoms with E-state index in [0.717, 1.165) is 0 Å². The van der Waals surface area contributed by atoms with Crippen molar-refractivity contribution < 1.29 is 0 Å². The van der Waals surface area contributed by atoms with E-state index in [9.17, 15) is 0 Å². The van der Waals surface area contributed by atoms with E-state index in [1.807, 2.05) is 0 Å². The highest BCUT2D eigenvalue weighted by atomic mass is 15.0. The number of aromatic nitrogens is 1. The van der Waals surface area contributed by atoms with Gasteiger partial charge in [0.1, 0.15) is 0 Å². The lowest BCUT2D eigenvalue weighted by Crippen LogP contribution is -1.93. The van der Waals surface area contributed by atoms with Gasteiger partial charge in [0.05, 0.1) is 11.2 Å². The fraction of sp³-hybridized carbons (Fsp3) is 0. The molecular weight excluding hydrogens is 206 g/mol. The summed E-state index contributed by atoms with van der Waals surface area (Å²) in [6.45, 7) is 0. The second-order valence-electron chi connectivity index (χ2n) is 4.36. The molecule has 1 aromatic heterocycles. The summed E-state index contributed by atoms with van der Waals surface area (Å²) in [5.74, 6) is 0. The Labute approximate surface area is 99.6 Å². The quantitative estimate of drug-likeness (QED) is 0.417. The summed E-state index contributed by atoms with van der Waals surface area (Å²) in [6.07, 6.45) is 6.54. The summed E-state index contributed by atoms with van der Waals surface area (Å²) in [7, 11) is 0. The molecule has 2 heterocycles. The van der Waals surface area contributed by atoms with E-state index in [2.05, 4.69) is 71.4 Å². The summed E-state index contributed by atoms with van der Waals surface area (Å²) >= 11 is 0. The minimum Gasteiger partial charge on any atom is -0.315 e. The molecule has 0 saturated carbocycles. The van der Waals surface area contributed by atoms with Crippen LogP contribution in [-0.4, -0.2) is 4.57 Å². The van der Waals surface area contributed by atoms with Gasteiger partial charge in [0, 0.05) is 11.6 Å². The van der Waals surface area contributed by atoms with E-state index in [4.69, 9.17) is 0 Å². The van der Waals surface area contributed by atoms with Crippen LogP contribution in [0.1, 0.15) is 11.1 Å². The predicted molar refractivity (Wildman–Crippen MR) is 72.2 cm³/mol. The Kier molecular flexibility index (Phi) is 1.61. The Bertz CT molecular complexity index is 747. The molecule has 0 saturated heterocycles. The van der Waals surface area contributed by atoms with Gasteiger partial charge in [-0.2, -0.15) is 0 Å². The number of fused-ring (bicyclic) bond motifs is 2. The van der Waals surface area contributed by atoms with Crippen LogP contribution in [0, 0.1) is 0 Å². The molecule has 0 unspecified atom stereocenters. The van der Waals surface area contributed by atoms with Crippen molar-refractivity contribution in [3.8, 4) is 5.69 Å². The molecule has 0 fully saturated rings. The number of para-hydroxylation sites is 2. The summed E-state index contributed by atoms with van der Waals surface area (Å²) in [4.78, 5) is 0. The molecule has 0 atom stereocenters. The van der Waals surface area contributed by atoms with Crippen LogP contribution < -0.4 is 0 Å². The van der Waals surface area contributed by atoms with Crippen molar-refractivity contribution in [1.82, 2.24) is 4.57 Å². The topological polar surface area (TPSA) is 4.93 Å². The van der Waals surface area contributed by atoms with E-state index >= 15 is 0 Å². The highest BCUT2D eigenvalue weighted by Crippen LogP contribution is 2.30. The van der Waals surface area contributed by atoms with Crippen LogP contribution in [0.2, 0.25) is 0 Å². The molecule has 1 aliphatic rings. The van der Waals surface area contributed by atoms with E-state index in [0.29, 0.717) is 0 Å². The zero-order valence-corrected chi connectivity index (χ0v) is 9.30. The smallest absolute Gasteiger partial charge is 0.0601 e. The number of hydrogen-bond acceptors (Lipinski definition) is 0. The van der Waals surface area contributed by atoms with Crippen LogP contribution in [0.4, 0.5) is 0 Å². The van der Waals surface area contributed by atoms with Gasteiger partial charge in [-0.1, -0.05) is 48.6 Å². The van der Waals surface area contributed by atoms with Crippen LogP contribution in [0.25, 0.3) is 28.7 Å². The van der Waals surface area contributed by atoms with Crippen molar-refractivity contribution in [2.75, 3.05) is 0 Å². The van der Waals surface area contributed by atoms with E-state index in [1.54, 1.807) is 0 Å². The van der Waals surface area contributed by atoms with Crippen LogP contribution in [0.3, 0.4) is 0 Å². The summed E-state index contributed by atoms with van der Waals surface area (Å²) < 4.78 is 2.28. The first-order valence-electron chi connectivity index (χ1n) is 5.81. The zero-order valence-electron chi connectivity index (χ0n) is 9.30. The molecule has 4 rings (SSSR count). The lowest BCUT2D eigenvalue weighted by atomic mass is 10.1. The normalized spacial score (nSPS) is 12.5. The Morgan fingerprint density at radius 2 is 1.53 bits per heavy atom. The lowest BCUT2D eigenvalue weighted by Gasteiger charge is -2.08. The third-order valence-corrected chi connectivity index (χ3v) is 3.38. The molecule has 0 amide bonds. The minimum atomic E-state index is 1.25. The number of rotatable bonds is 0. The molecule has 2 aromatic carbocycles. The van der Waals surface area contributed by atoms with Gasteiger partial charge in [0.2, 0.25) is 0 Å². The Morgan fingerprint density at radius 3 is 2.53 bits per heavy atom. The van der Waals surface area contributed by atoms with Gasteiger partial charge in [-0.05, 0) is 23.3 Å². The predicted octanol–water partition coefficient (Wildman–Crippen LogP) is 4.11. The third kappa shape index (κ3) is 1.14. The maximum Gasteiger partial charge on any atom is 0.0601 e. The average Bonchev–Trinajstić information content (AvgIpc) is 2.73. The van der Waals surface area contributed by atoms with Gasteiger partial charge >= 0.3 is 0 Å². The first kappa shape index (κ1) is 8.82. The molecule has 17 heavy (non-hydrogen) atoms. The molecule has 1 heteroatoms. The fourth-order valence-electron chi connectivity index (χ4n) is 2.58. The average molecular weight is 217 g/mol. The first-order chi connectivity index (χ1) is 8.43. The second kappa shape index (κ2) is 3.11. The molecule has 80 valence electrons. The molecule has 0 spiro atoms. The van der Waals surface area contributed by atoms with Gasteiger partial charge in [0.25, 0.3) is 0 Å². The van der Waals surface area contributed by atoms with Crippen LogP contribution in [0.15, 0.2) is 54.7 Å². The van der Waals surface area contributed by atoms with E-state index in [1.165, 1.54) is 27.7 Å². The van der Waals surface area contributed by atoms with Crippen molar-refractivity contribution in [2.45, 2.75) is 0 Å². The molecule has 0 aliphatic carbocycles. The van der Waals surface area contributed by atoms with Gasteiger partial charge in [0.15, 0.2) is 0 Å². The molecule has 1 nitrogen and oxygen atoms in total. The first-order valence-corrected chi connectivity index (χ1v) is 5.81. The molecule has 0 bridgehead atoms. The van der Waals surface area contributed by atoms with Crippen molar-refractivity contribution >= 4 is 23.1 Å². The highest BCUT2D eigenvalue weighted by Gasteiger charge is 2.11. The van der Waals surface area contributed by atoms with Gasteiger partial charge in [-0.3, -0.25) is 0 Å². The maximum absolute atomic E-state index is 2.28. The fourth-order valence-corrected chi connectivity index (χ4v) is 2.58. The standard InChI is InChI=1S/C16H11N/c1-2-7-15-12(4-1)8-9-13-5-3-6-14-10-11-17(15)16(13)14/h1-11H. The van der Waals surface area contributed by atoms with Gasteiger partial charge < -0.3 is 4.57 Å². The van der Waals surface area contributed by atoms with Gasteiger partial charge in [-0.25, -0.2) is 0 Å². The second-order valence-corrected chi connectivity index (χ2v) is 4.36. The Hall–Kier alpha value is -2.28. The number of nitrogens with zero attached hydrogens (tertiary/aromatic N) is 1. The highest BCUT2D eigenvalue weighted by molar-refractivity contribution is 5.95. The maximum atomic E-state index is 2.28. The van der Waals surface area contributed by atoms with E-state index < -0.39 is 0 Å². The molecule has 0 N–H and O–H groups in total. The van der Waals surface area contributed by atoms with Crippen LogP contribution >= 0.6 is 0 Å².